The van der Waals surface area contributed by atoms with E-state index < -0.39 is 18.5 Å². The number of alkyl halides is 5. The molecule has 0 fully saturated rings. The van der Waals surface area contributed by atoms with Crippen molar-refractivity contribution in [1.29, 1.82) is 0 Å². The molecular weight excluding hydrogens is 320 g/mol. The van der Waals surface area contributed by atoms with E-state index in [9.17, 15) is 30.7 Å². The van der Waals surface area contributed by atoms with Gasteiger partial charge in [-0.25, -0.2) is 8.78 Å². The van der Waals surface area contributed by atoms with E-state index in [-0.39, 0.29) is 47.0 Å². The molecule has 0 aromatic carbocycles. The van der Waals surface area contributed by atoms with Gasteiger partial charge in [-0.15, -0.1) is 0 Å². The summed E-state index contributed by atoms with van der Waals surface area (Å²) in [7, 11) is 0. The minimum Gasteiger partial charge on any atom is -1.00 e. The molecule has 0 aliphatic carbocycles. The van der Waals surface area contributed by atoms with Gasteiger partial charge in [-0.1, -0.05) is 0 Å². The van der Waals surface area contributed by atoms with Gasteiger partial charge in [-0.2, -0.15) is 13.2 Å². The van der Waals surface area contributed by atoms with Crippen molar-refractivity contribution in [2.45, 2.75) is 12.1 Å². The minimum atomic E-state index is -6.20. The van der Waals surface area contributed by atoms with Gasteiger partial charge in [0.15, 0.2) is 0 Å². The van der Waals surface area contributed by atoms with E-state index in [1.54, 1.807) is 0 Å². The number of halogens is 8. The molecule has 0 amide bonds. The zero-order valence-electron chi connectivity index (χ0n) is 5.23. The monoisotopic (exact) mass is 320 g/mol. The molecule has 0 N–H and O–H groups in total. The van der Waals surface area contributed by atoms with Crippen LogP contribution in [0.1, 0.15) is 0 Å². The van der Waals surface area contributed by atoms with Crippen LogP contribution in [-0.4, -0.2) is 35.2 Å². The molecule has 0 heterocycles. The Morgan fingerprint density at radius 3 is 1.08 bits per heavy atom. The molecule has 0 bridgehead atoms. The van der Waals surface area contributed by atoms with Crippen molar-refractivity contribution in [3.05, 3.63) is 6.43 Å². The summed E-state index contributed by atoms with van der Waals surface area (Å²) < 4.78 is 76.3. The molecule has 0 rings (SSSR count). The molecule has 0 aliphatic rings. The minimum absolute atomic E-state index is 0. The van der Waals surface area contributed by atoms with Crippen LogP contribution < -0.4 is 24.0 Å². The summed E-state index contributed by atoms with van der Waals surface area (Å²) in [6.45, 7) is 0. The quantitative estimate of drug-likeness (QED) is 0.258. The Kier molecular flexibility index (Phi) is 8.86. The smallest absolute Gasteiger partial charge is 1.00 e. The van der Waals surface area contributed by atoms with E-state index in [2.05, 4.69) is 0 Å². The summed E-state index contributed by atoms with van der Waals surface area (Å²) in [6.07, 6.45) is -10.1. The largest absolute Gasteiger partial charge is 2.00 e. The van der Waals surface area contributed by atoms with E-state index in [1.165, 1.54) is 0 Å². The van der Waals surface area contributed by atoms with E-state index in [1.807, 2.05) is 0 Å². The van der Waals surface area contributed by atoms with Gasteiger partial charge < -0.3 is 32.8 Å². The zero-order chi connectivity index (χ0) is 8.58. The molecular formula is C3F7IMg. The van der Waals surface area contributed by atoms with Crippen molar-refractivity contribution in [3.8, 4) is 0 Å². The Hall–Kier alpha value is 1.01. The van der Waals surface area contributed by atoms with Crippen LogP contribution in [0.25, 0.3) is 0 Å². The third kappa shape index (κ3) is 4.30. The van der Waals surface area contributed by atoms with Crippen LogP contribution in [0.4, 0.5) is 30.7 Å². The summed E-state index contributed by atoms with van der Waals surface area (Å²) in [4.78, 5) is 0. The van der Waals surface area contributed by atoms with Gasteiger partial charge in [0.05, 0.1) is 6.43 Å². The predicted octanol–water partition coefficient (Wildman–Crippen LogP) is -0.764. The summed E-state index contributed by atoms with van der Waals surface area (Å²) in [5.41, 5.74) is 0. The Morgan fingerprint density at radius 1 is 0.833 bits per heavy atom. The summed E-state index contributed by atoms with van der Waals surface area (Å²) in [6, 6.07) is 0. The van der Waals surface area contributed by atoms with Gasteiger partial charge >= 0.3 is 29.2 Å². The standard InChI is InChI=1S/C3F7.HI.Mg/c4-1(5)2(6,7)3(8,9)10;;/h;1H;/q-1;;+2/p-1. The zero-order valence-corrected chi connectivity index (χ0v) is 8.80. The van der Waals surface area contributed by atoms with Gasteiger partial charge in [-0.3, -0.25) is 0 Å². The molecule has 0 atom stereocenters. The molecule has 0 saturated carbocycles. The van der Waals surface area contributed by atoms with Crippen molar-refractivity contribution in [3.63, 3.8) is 0 Å². The molecule has 0 radical (unpaired) electrons. The van der Waals surface area contributed by atoms with E-state index in [0.717, 1.165) is 0 Å². The average Bonchev–Trinajstić information content (AvgIpc) is 1.62. The second-order valence-electron chi connectivity index (χ2n) is 1.33. The first-order valence-electron chi connectivity index (χ1n) is 1.82. The maximum Gasteiger partial charge on any atom is 2.00 e. The van der Waals surface area contributed by atoms with Gasteiger partial charge in [0.2, 0.25) is 0 Å². The second kappa shape index (κ2) is 5.68. The number of rotatable bonds is 1. The molecule has 0 aromatic rings. The first-order chi connectivity index (χ1) is 4.19. The average molecular weight is 320 g/mol. The fourth-order valence-electron chi connectivity index (χ4n) is 0.107. The van der Waals surface area contributed by atoms with E-state index in [0.29, 0.717) is 0 Å². The first kappa shape index (κ1) is 18.7. The fourth-order valence-corrected chi connectivity index (χ4v) is 0.107. The van der Waals surface area contributed by atoms with Crippen molar-refractivity contribution < 1.29 is 54.7 Å². The van der Waals surface area contributed by atoms with Gasteiger partial charge in [0, 0.05) is 0 Å². The predicted molar refractivity (Wildman–Crippen MR) is 22.2 cm³/mol. The Morgan fingerprint density at radius 2 is 1.08 bits per heavy atom. The maximum absolute atomic E-state index is 11.1. The van der Waals surface area contributed by atoms with E-state index >= 15 is 0 Å². The first-order valence-corrected chi connectivity index (χ1v) is 1.82. The van der Waals surface area contributed by atoms with Gasteiger partial charge in [0.1, 0.15) is 0 Å². The molecule has 0 unspecified atom stereocenters. The van der Waals surface area contributed by atoms with Crippen LogP contribution >= 0.6 is 0 Å². The summed E-state index contributed by atoms with van der Waals surface area (Å²) in [5.74, 6) is -5.98. The molecule has 12 heavy (non-hydrogen) atoms. The maximum atomic E-state index is 11.1. The number of hydrogen-bond acceptors (Lipinski definition) is 0. The van der Waals surface area contributed by atoms with Gasteiger partial charge in [-0.05, 0) is 0 Å². The van der Waals surface area contributed by atoms with Crippen LogP contribution in [0.3, 0.4) is 0 Å². The van der Waals surface area contributed by atoms with Crippen LogP contribution in [-0.2, 0) is 0 Å². The molecule has 0 aromatic heterocycles. The van der Waals surface area contributed by atoms with Crippen LogP contribution in [0.15, 0.2) is 0 Å². The molecule has 9 heteroatoms. The molecule has 70 valence electrons. The van der Waals surface area contributed by atoms with Crippen molar-refractivity contribution in [2.75, 3.05) is 0 Å². The molecule has 0 aliphatic heterocycles. The van der Waals surface area contributed by atoms with Gasteiger partial charge in [0.25, 0.3) is 5.92 Å². The topological polar surface area (TPSA) is 0 Å². The van der Waals surface area contributed by atoms with Crippen LogP contribution in [0, 0.1) is 6.43 Å². The molecule has 0 nitrogen and oxygen atoms in total. The Labute approximate surface area is 96.0 Å². The van der Waals surface area contributed by atoms with Crippen molar-refractivity contribution in [1.82, 2.24) is 0 Å². The normalized spacial score (nSPS) is 12.0. The molecule has 0 saturated heterocycles. The SMILES string of the molecule is F[C-](F)C(F)(F)C(F)(F)F.[I-].[Mg+2]. The Balaban J connectivity index is -0.000000405. The summed E-state index contributed by atoms with van der Waals surface area (Å²) >= 11 is 0. The molecule has 0 spiro atoms. The van der Waals surface area contributed by atoms with Crippen molar-refractivity contribution >= 4 is 23.1 Å². The summed E-state index contributed by atoms with van der Waals surface area (Å²) in [5, 5.41) is 0. The number of hydrogen-bond donors (Lipinski definition) is 0. The van der Waals surface area contributed by atoms with Crippen molar-refractivity contribution in [2.24, 2.45) is 0 Å². The van der Waals surface area contributed by atoms with Crippen LogP contribution in [0.2, 0.25) is 0 Å². The second-order valence-corrected chi connectivity index (χ2v) is 1.33. The third-order valence-electron chi connectivity index (χ3n) is 0.593. The Bertz CT molecular complexity index is 120. The van der Waals surface area contributed by atoms with Crippen LogP contribution in [0.5, 0.6) is 0 Å². The fraction of sp³-hybridized carbons (Fsp3) is 0.667. The van der Waals surface area contributed by atoms with E-state index in [4.69, 9.17) is 0 Å². The third-order valence-corrected chi connectivity index (χ3v) is 0.593.